The Morgan fingerprint density at radius 1 is 1.41 bits per heavy atom. The van der Waals surface area contributed by atoms with E-state index in [1.54, 1.807) is 0 Å². The molecule has 1 unspecified atom stereocenters. The van der Waals surface area contributed by atoms with Crippen LogP contribution in [0.2, 0.25) is 0 Å². The average molecular weight is 231 g/mol. The number of nitrogens with one attached hydrogen (secondary N) is 1. The molecule has 17 heavy (non-hydrogen) atoms. The first-order chi connectivity index (χ1) is 8.31. The van der Waals surface area contributed by atoms with Gasteiger partial charge in [-0.05, 0) is 43.4 Å². The van der Waals surface area contributed by atoms with Crippen LogP contribution >= 0.6 is 0 Å². The fourth-order valence-corrected chi connectivity index (χ4v) is 2.71. The Labute approximate surface area is 103 Å². The molecule has 0 aromatic heterocycles. The number of aryl methyl sites for hydroxylation is 1. The average Bonchev–Trinajstić information content (AvgIpc) is 2.37. The summed E-state index contributed by atoms with van der Waals surface area (Å²) >= 11 is 0. The van der Waals surface area contributed by atoms with E-state index in [1.807, 2.05) is 7.05 Å². The minimum atomic E-state index is 0.390. The second-order valence-corrected chi connectivity index (χ2v) is 4.88. The molecule has 0 heterocycles. The summed E-state index contributed by atoms with van der Waals surface area (Å²) in [5.41, 5.74) is 2.86. The van der Waals surface area contributed by atoms with Gasteiger partial charge in [0.1, 0.15) is 5.78 Å². The Morgan fingerprint density at radius 3 is 3.06 bits per heavy atom. The lowest BCUT2D eigenvalue weighted by Gasteiger charge is -2.24. The Hall–Kier alpha value is -1.15. The number of carbonyl (C=O) groups excluding carboxylic acids is 1. The minimum absolute atomic E-state index is 0.390. The fraction of sp³-hybridized carbons (Fsp3) is 0.533. The summed E-state index contributed by atoms with van der Waals surface area (Å²) < 4.78 is 0. The van der Waals surface area contributed by atoms with Gasteiger partial charge in [-0.1, -0.05) is 24.3 Å². The summed E-state index contributed by atoms with van der Waals surface area (Å²) in [6, 6.07) is 8.60. The summed E-state index contributed by atoms with van der Waals surface area (Å²) in [6.45, 7) is 0.799. The topological polar surface area (TPSA) is 29.1 Å². The zero-order valence-corrected chi connectivity index (χ0v) is 10.5. The Kier molecular flexibility index (Phi) is 4.32. The highest BCUT2D eigenvalue weighted by molar-refractivity contribution is 5.79. The molecule has 0 aliphatic heterocycles. The number of ketones is 1. The van der Waals surface area contributed by atoms with Crippen LogP contribution in [-0.4, -0.2) is 19.4 Å². The molecule has 1 aliphatic rings. The molecular weight excluding hydrogens is 210 g/mol. The smallest absolute Gasteiger partial charge is 0.134 e. The predicted octanol–water partition coefficient (Wildman–Crippen LogP) is 2.68. The highest BCUT2D eigenvalue weighted by atomic mass is 16.1. The maximum absolute atomic E-state index is 11.8. The first-order valence-corrected chi connectivity index (χ1v) is 6.55. The number of Topliss-reactive ketones (excluding diaryl/α,β-unsaturated/α-hetero) is 1. The monoisotopic (exact) mass is 231 g/mol. The first kappa shape index (κ1) is 12.3. The van der Waals surface area contributed by atoms with Gasteiger partial charge in [-0.2, -0.15) is 0 Å². The lowest BCUT2D eigenvalue weighted by molar-refractivity contribution is -0.119. The first-order valence-electron chi connectivity index (χ1n) is 6.55. The third-order valence-electron chi connectivity index (χ3n) is 3.62. The minimum Gasteiger partial charge on any atom is -0.319 e. The lowest BCUT2D eigenvalue weighted by Crippen LogP contribution is -2.17. The number of hydrogen-bond donors (Lipinski definition) is 1. The summed E-state index contributed by atoms with van der Waals surface area (Å²) in [5.74, 6) is 0.852. The van der Waals surface area contributed by atoms with Crippen molar-refractivity contribution in [2.45, 2.75) is 38.0 Å². The molecule has 0 spiro atoms. The molecule has 0 saturated carbocycles. The van der Waals surface area contributed by atoms with Crippen molar-refractivity contribution in [1.29, 1.82) is 0 Å². The van der Waals surface area contributed by atoms with Gasteiger partial charge in [-0.3, -0.25) is 4.79 Å². The van der Waals surface area contributed by atoms with Gasteiger partial charge in [0.15, 0.2) is 0 Å². The van der Waals surface area contributed by atoms with Gasteiger partial charge in [0, 0.05) is 19.4 Å². The van der Waals surface area contributed by atoms with Gasteiger partial charge in [-0.25, -0.2) is 0 Å². The molecule has 0 saturated heterocycles. The molecule has 2 heteroatoms. The van der Waals surface area contributed by atoms with E-state index in [0.29, 0.717) is 18.1 Å². The number of hydrogen-bond acceptors (Lipinski definition) is 2. The van der Waals surface area contributed by atoms with Crippen LogP contribution in [0.15, 0.2) is 24.3 Å². The van der Waals surface area contributed by atoms with Crippen LogP contribution < -0.4 is 5.32 Å². The number of fused-ring (bicyclic) bond motifs is 1. The van der Waals surface area contributed by atoms with Gasteiger partial charge >= 0.3 is 0 Å². The lowest BCUT2D eigenvalue weighted by atomic mass is 9.80. The molecule has 0 radical (unpaired) electrons. The zero-order valence-electron chi connectivity index (χ0n) is 10.5. The van der Waals surface area contributed by atoms with Crippen LogP contribution in [-0.2, 0) is 11.2 Å². The van der Waals surface area contributed by atoms with Crippen molar-refractivity contribution in [3.8, 4) is 0 Å². The number of carbonyl (C=O) groups is 1. The molecule has 1 aromatic rings. The predicted molar refractivity (Wildman–Crippen MR) is 70.3 cm³/mol. The van der Waals surface area contributed by atoms with Crippen molar-refractivity contribution in [2.75, 3.05) is 13.6 Å². The van der Waals surface area contributed by atoms with Gasteiger partial charge in [0.2, 0.25) is 0 Å². The van der Waals surface area contributed by atoms with E-state index in [0.717, 1.165) is 13.0 Å². The van der Waals surface area contributed by atoms with Gasteiger partial charge in [-0.15, -0.1) is 0 Å². The second kappa shape index (κ2) is 5.97. The third-order valence-corrected chi connectivity index (χ3v) is 3.62. The quantitative estimate of drug-likeness (QED) is 0.844. The summed E-state index contributed by atoms with van der Waals surface area (Å²) in [6.07, 6.45) is 4.95. The molecular formula is C15H21NO. The Morgan fingerprint density at radius 2 is 2.24 bits per heavy atom. The molecule has 0 amide bonds. The van der Waals surface area contributed by atoms with E-state index in [-0.39, 0.29) is 0 Å². The van der Waals surface area contributed by atoms with Crippen molar-refractivity contribution >= 4 is 5.78 Å². The van der Waals surface area contributed by atoms with E-state index in [9.17, 15) is 4.79 Å². The second-order valence-electron chi connectivity index (χ2n) is 4.88. The highest BCUT2D eigenvalue weighted by Crippen LogP contribution is 2.34. The van der Waals surface area contributed by atoms with Crippen LogP contribution in [0.5, 0.6) is 0 Å². The van der Waals surface area contributed by atoms with Crippen LogP contribution in [0, 0.1) is 0 Å². The Bertz CT molecular complexity index is 386. The van der Waals surface area contributed by atoms with Crippen molar-refractivity contribution in [3.63, 3.8) is 0 Å². The van der Waals surface area contributed by atoms with E-state index in [4.69, 9.17) is 0 Å². The maximum atomic E-state index is 11.8. The molecule has 1 atom stereocenters. The molecule has 2 rings (SSSR count). The van der Waals surface area contributed by atoms with Gasteiger partial charge < -0.3 is 5.32 Å². The van der Waals surface area contributed by atoms with Crippen LogP contribution in [0.4, 0.5) is 0 Å². The van der Waals surface area contributed by atoms with E-state index in [1.165, 1.54) is 30.4 Å². The van der Waals surface area contributed by atoms with E-state index >= 15 is 0 Å². The largest absolute Gasteiger partial charge is 0.319 e. The molecule has 1 aliphatic carbocycles. The van der Waals surface area contributed by atoms with Crippen molar-refractivity contribution in [1.82, 2.24) is 5.32 Å². The van der Waals surface area contributed by atoms with Crippen molar-refractivity contribution < 1.29 is 4.79 Å². The summed E-state index contributed by atoms with van der Waals surface area (Å²) in [4.78, 5) is 11.8. The molecule has 1 N–H and O–H groups in total. The van der Waals surface area contributed by atoms with Crippen LogP contribution in [0.3, 0.4) is 0 Å². The maximum Gasteiger partial charge on any atom is 0.134 e. The van der Waals surface area contributed by atoms with Crippen molar-refractivity contribution in [3.05, 3.63) is 35.4 Å². The molecule has 1 aromatic carbocycles. The van der Waals surface area contributed by atoms with Crippen molar-refractivity contribution in [2.24, 2.45) is 0 Å². The molecule has 0 bridgehead atoms. The zero-order chi connectivity index (χ0) is 12.1. The molecule has 0 fully saturated rings. The SMILES string of the molecule is CNCCC(=O)CC1CCCc2ccccc21. The molecule has 92 valence electrons. The standard InChI is InChI=1S/C15H21NO/c1-16-10-9-14(17)11-13-7-4-6-12-5-2-3-8-15(12)13/h2-3,5,8,13,16H,4,6-7,9-11H2,1H3. The number of rotatable bonds is 5. The van der Waals surface area contributed by atoms with E-state index in [2.05, 4.69) is 29.6 Å². The Balaban J connectivity index is 2.01. The van der Waals surface area contributed by atoms with E-state index < -0.39 is 0 Å². The van der Waals surface area contributed by atoms with Crippen LogP contribution in [0.1, 0.15) is 42.7 Å². The summed E-state index contributed by atoms with van der Waals surface area (Å²) in [5, 5.41) is 3.03. The summed E-state index contributed by atoms with van der Waals surface area (Å²) in [7, 11) is 1.89. The van der Waals surface area contributed by atoms with Gasteiger partial charge in [0.05, 0.1) is 0 Å². The van der Waals surface area contributed by atoms with Gasteiger partial charge in [0.25, 0.3) is 0 Å². The molecule has 2 nitrogen and oxygen atoms in total. The normalized spacial score (nSPS) is 18.8. The fourth-order valence-electron chi connectivity index (χ4n) is 2.71. The number of benzene rings is 1. The third kappa shape index (κ3) is 3.16. The van der Waals surface area contributed by atoms with Crippen LogP contribution in [0.25, 0.3) is 0 Å². The highest BCUT2D eigenvalue weighted by Gasteiger charge is 2.21.